The highest BCUT2D eigenvalue weighted by Gasteiger charge is 2.31. The summed E-state index contributed by atoms with van der Waals surface area (Å²) in [5, 5.41) is 8.59. The molecule has 3 nitrogen and oxygen atoms in total. The Hall–Kier alpha value is -1.34. The van der Waals surface area contributed by atoms with Crippen molar-refractivity contribution in [3.05, 3.63) is 29.3 Å². The normalized spacial score (nSPS) is 11.3. The molecule has 0 heterocycles. The molecule has 0 bridgehead atoms. The lowest BCUT2D eigenvalue weighted by molar-refractivity contribution is -0.137. The van der Waals surface area contributed by atoms with Gasteiger partial charge in [0.15, 0.2) is 0 Å². The zero-order valence-electron chi connectivity index (χ0n) is 9.33. The van der Waals surface area contributed by atoms with Gasteiger partial charge in [0.1, 0.15) is 10.7 Å². The van der Waals surface area contributed by atoms with E-state index in [9.17, 15) is 13.2 Å². The smallest absolute Gasteiger partial charge is 0.416 e. The monoisotopic (exact) mass is 279 g/mol. The number of hydrogen-bond donors (Lipinski definition) is 2. The molecule has 0 aliphatic rings. The van der Waals surface area contributed by atoms with Crippen LogP contribution in [0, 0.1) is 0 Å². The second kappa shape index (κ2) is 6.01. The van der Waals surface area contributed by atoms with Crippen molar-refractivity contribution in [3.63, 3.8) is 0 Å². The maximum atomic E-state index is 12.5. The Morgan fingerprint density at radius 3 is 2.56 bits per heavy atom. The number of thiocarbonyl (C=S) groups is 1. The summed E-state index contributed by atoms with van der Waals surface area (Å²) >= 11 is 4.69. The Balaban J connectivity index is 3.01. The summed E-state index contributed by atoms with van der Waals surface area (Å²) in [4.78, 5) is -0.167. The molecular weight excluding hydrogens is 267 g/mol. The van der Waals surface area contributed by atoms with Gasteiger partial charge in [-0.05, 0) is 18.2 Å². The molecule has 18 heavy (non-hydrogen) atoms. The first-order chi connectivity index (χ1) is 8.36. The van der Waals surface area contributed by atoms with E-state index in [4.69, 9.17) is 27.8 Å². The molecule has 1 aromatic rings. The predicted octanol–water partition coefficient (Wildman–Crippen LogP) is 2.10. The molecule has 0 aromatic heterocycles. The van der Waals surface area contributed by atoms with E-state index >= 15 is 0 Å². The van der Waals surface area contributed by atoms with Crippen LogP contribution in [0.15, 0.2) is 18.2 Å². The average molecular weight is 279 g/mol. The number of rotatable bonds is 5. The van der Waals surface area contributed by atoms with Crippen molar-refractivity contribution in [3.8, 4) is 5.75 Å². The number of alkyl halides is 3. The average Bonchev–Trinajstić information content (AvgIpc) is 2.28. The molecule has 0 saturated heterocycles. The third-order valence-electron chi connectivity index (χ3n) is 2.13. The lowest BCUT2D eigenvalue weighted by Gasteiger charge is -2.13. The third kappa shape index (κ3) is 3.85. The molecule has 0 spiro atoms. The van der Waals surface area contributed by atoms with Crippen molar-refractivity contribution < 1.29 is 23.0 Å². The zero-order valence-corrected chi connectivity index (χ0v) is 10.1. The number of hydrogen-bond acceptors (Lipinski definition) is 3. The third-order valence-corrected chi connectivity index (χ3v) is 2.35. The van der Waals surface area contributed by atoms with E-state index in [-0.39, 0.29) is 29.5 Å². The highest BCUT2D eigenvalue weighted by molar-refractivity contribution is 7.80. The Labute approximate surface area is 107 Å². The Morgan fingerprint density at radius 1 is 1.39 bits per heavy atom. The van der Waals surface area contributed by atoms with Crippen LogP contribution in [0.2, 0.25) is 0 Å². The molecule has 7 heteroatoms. The van der Waals surface area contributed by atoms with E-state index in [1.807, 2.05) is 0 Å². The first kappa shape index (κ1) is 14.7. The van der Waals surface area contributed by atoms with Gasteiger partial charge >= 0.3 is 6.18 Å². The summed E-state index contributed by atoms with van der Waals surface area (Å²) in [6, 6.07) is 2.93. The second-order valence-corrected chi connectivity index (χ2v) is 3.94. The maximum Gasteiger partial charge on any atom is 0.416 e. The fourth-order valence-electron chi connectivity index (χ4n) is 1.27. The quantitative estimate of drug-likeness (QED) is 0.640. The standard InChI is InChI=1S/C11H12F3NO2S/c12-11(13,14)7-2-3-9(17-5-1-4-16)8(6-7)10(15)18/h2-3,6,16H,1,4-5H2,(H2,15,18). The summed E-state index contributed by atoms with van der Waals surface area (Å²) in [5.74, 6) is 0.184. The molecule has 3 N–H and O–H groups in total. The van der Waals surface area contributed by atoms with Crippen LogP contribution in [0.1, 0.15) is 17.5 Å². The van der Waals surface area contributed by atoms with Crippen molar-refractivity contribution in [2.24, 2.45) is 5.73 Å². The number of halogens is 3. The summed E-state index contributed by atoms with van der Waals surface area (Å²) in [7, 11) is 0. The lowest BCUT2D eigenvalue weighted by atomic mass is 10.1. The number of ether oxygens (including phenoxy) is 1. The van der Waals surface area contributed by atoms with E-state index in [1.165, 1.54) is 6.07 Å². The molecule has 0 unspecified atom stereocenters. The van der Waals surface area contributed by atoms with Gasteiger partial charge in [0.25, 0.3) is 0 Å². The maximum absolute atomic E-state index is 12.5. The van der Waals surface area contributed by atoms with Gasteiger partial charge in [0, 0.05) is 13.0 Å². The van der Waals surface area contributed by atoms with Crippen LogP contribution in [0.25, 0.3) is 0 Å². The number of aliphatic hydroxyl groups is 1. The van der Waals surface area contributed by atoms with Gasteiger partial charge in [0.05, 0.1) is 17.7 Å². The van der Waals surface area contributed by atoms with Crippen LogP contribution in [-0.2, 0) is 6.18 Å². The van der Waals surface area contributed by atoms with Gasteiger partial charge in [-0.2, -0.15) is 13.2 Å². The fraction of sp³-hybridized carbons (Fsp3) is 0.364. The minimum absolute atomic E-state index is 0.0396. The van der Waals surface area contributed by atoms with Crippen LogP contribution in [0.4, 0.5) is 13.2 Å². The van der Waals surface area contributed by atoms with Crippen LogP contribution in [-0.4, -0.2) is 23.3 Å². The Morgan fingerprint density at radius 2 is 2.06 bits per heavy atom. The second-order valence-electron chi connectivity index (χ2n) is 3.50. The van der Waals surface area contributed by atoms with Crippen LogP contribution in [0.3, 0.4) is 0 Å². The highest BCUT2D eigenvalue weighted by Crippen LogP contribution is 2.32. The van der Waals surface area contributed by atoms with Crippen molar-refractivity contribution in [2.75, 3.05) is 13.2 Å². The lowest BCUT2D eigenvalue weighted by Crippen LogP contribution is -2.15. The predicted molar refractivity (Wildman–Crippen MR) is 64.5 cm³/mol. The van der Waals surface area contributed by atoms with Crippen LogP contribution >= 0.6 is 12.2 Å². The van der Waals surface area contributed by atoms with Crippen molar-refractivity contribution >= 4 is 17.2 Å². The first-order valence-corrected chi connectivity index (χ1v) is 5.52. The summed E-state index contributed by atoms with van der Waals surface area (Å²) in [6.45, 7) is 0.112. The van der Waals surface area contributed by atoms with Crippen LogP contribution < -0.4 is 10.5 Å². The van der Waals surface area contributed by atoms with Crippen LogP contribution in [0.5, 0.6) is 5.75 Å². The number of aliphatic hydroxyl groups excluding tert-OH is 1. The van der Waals surface area contributed by atoms with Gasteiger partial charge in [-0.15, -0.1) is 0 Å². The number of nitrogens with two attached hydrogens (primary N) is 1. The van der Waals surface area contributed by atoms with E-state index in [0.717, 1.165) is 12.1 Å². The van der Waals surface area contributed by atoms with E-state index in [2.05, 4.69) is 0 Å². The Kier molecular flexibility index (Phi) is 4.92. The molecule has 0 aliphatic heterocycles. The van der Waals surface area contributed by atoms with Gasteiger partial charge in [-0.3, -0.25) is 0 Å². The highest BCUT2D eigenvalue weighted by atomic mass is 32.1. The van der Waals surface area contributed by atoms with E-state index < -0.39 is 11.7 Å². The van der Waals surface area contributed by atoms with Gasteiger partial charge in [-0.25, -0.2) is 0 Å². The minimum Gasteiger partial charge on any atom is -0.493 e. The van der Waals surface area contributed by atoms with Gasteiger partial charge in [0.2, 0.25) is 0 Å². The van der Waals surface area contributed by atoms with E-state index in [0.29, 0.717) is 6.42 Å². The van der Waals surface area contributed by atoms with E-state index in [1.54, 1.807) is 0 Å². The molecule has 0 fully saturated rings. The zero-order chi connectivity index (χ0) is 13.8. The molecule has 0 amide bonds. The van der Waals surface area contributed by atoms with Gasteiger partial charge < -0.3 is 15.6 Å². The molecule has 1 aromatic carbocycles. The summed E-state index contributed by atoms with van der Waals surface area (Å²) < 4.78 is 42.7. The molecule has 100 valence electrons. The topological polar surface area (TPSA) is 55.5 Å². The van der Waals surface area contributed by atoms with Crippen molar-refractivity contribution in [2.45, 2.75) is 12.6 Å². The molecule has 0 aliphatic carbocycles. The van der Waals surface area contributed by atoms with Crippen molar-refractivity contribution in [1.29, 1.82) is 0 Å². The minimum atomic E-state index is -4.46. The van der Waals surface area contributed by atoms with Crippen molar-refractivity contribution in [1.82, 2.24) is 0 Å². The largest absolute Gasteiger partial charge is 0.493 e. The first-order valence-electron chi connectivity index (χ1n) is 5.11. The molecule has 1 rings (SSSR count). The summed E-state index contributed by atoms with van der Waals surface area (Å²) in [5.41, 5.74) is 4.57. The molecule has 0 saturated carbocycles. The van der Waals surface area contributed by atoms with Gasteiger partial charge in [-0.1, -0.05) is 12.2 Å². The molecular formula is C11H12F3NO2S. The fourth-order valence-corrected chi connectivity index (χ4v) is 1.43. The Bertz CT molecular complexity index is 435. The molecule has 0 radical (unpaired) electrons. The number of benzene rings is 1. The molecule has 0 atom stereocenters. The summed E-state index contributed by atoms with van der Waals surface area (Å²) in [6.07, 6.45) is -4.08. The SMILES string of the molecule is NC(=S)c1cc(C(F)(F)F)ccc1OCCCO.